The van der Waals surface area contributed by atoms with Crippen molar-refractivity contribution >= 4 is 26.8 Å². The van der Waals surface area contributed by atoms with Crippen LogP contribution in [0, 0.1) is 0 Å². The molecule has 26 heavy (non-hydrogen) atoms. The summed E-state index contributed by atoms with van der Waals surface area (Å²) < 4.78 is 13.1. The first-order valence-electron chi connectivity index (χ1n) is 7.75. The highest BCUT2D eigenvalue weighted by molar-refractivity contribution is 9.10. The average Bonchev–Trinajstić information content (AvgIpc) is 3.13. The molecule has 0 aliphatic carbocycles. The van der Waals surface area contributed by atoms with Gasteiger partial charge in [-0.25, -0.2) is 4.98 Å². The smallest absolute Gasteiger partial charge is 0.261 e. The highest BCUT2D eigenvalue weighted by Gasteiger charge is 2.11. The van der Waals surface area contributed by atoms with Gasteiger partial charge in [0.05, 0.1) is 24.3 Å². The Hall–Kier alpha value is -3.00. The van der Waals surface area contributed by atoms with Crippen LogP contribution in [0.2, 0.25) is 0 Å². The van der Waals surface area contributed by atoms with Gasteiger partial charge in [0.2, 0.25) is 11.8 Å². The summed E-state index contributed by atoms with van der Waals surface area (Å²) in [6.07, 6.45) is 1.48. The number of fused-ring (bicyclic) bond motifs is 1. The molecule has 0 saturated carbocycles. The number of nitrogens with zero attached hydrogens (tertiary/aromatic N) is 4. The van der Waals surface area contributed by atoms with Crippen LogP contribution in [0.15, 0.2) is 62.5 Å². The van der Waals surface area contributed by atoms with Crippen molar-refractivity contribution in [3.63, 3.8) is 0 Å². The highest BCUT2D eigenvalue weighted by Crippen LogP contribution is 2.21. The second kappa shape index (κ2) is 6.72. The monoisotopic (exact) mass is 412 g/mol. The van der Waals surface area contributed by atoms with Gasteiger partial charge in [-0.1, -0.05) is 15.9 Å². The lowest BCUT2D eigenvalue weighted by atomic mass is 10.2. The number of halogens is 1. The maximum absolute atomic E-state index is 12.6. The molecule has 7 nitrogen and oxygen atoms in total. The van der Waals surface area contributed by atoms with Crippen LogP contribution in [0.1, 0.15) is 5.89 Å². The predicted molar refractivity (Wildman–Crippen MR) is 99.1 cm³/mol. The zero-order chi connectivity index (χ0) is 18.1. The molecule has 0 atom stereocenters. The van der Waals surface area contributed by atoms with Crippen LogP contribution in [0.4, 0.5) is 0 Å². The molecule has 0 saturated heterocycles. The molecule has 0 spiro atoms. The summed E-state index contributed by atoms with van der Waals surface area (Å²) in [5, 5.41) is 8.59. The maximum atomic E-state index is 12.6. The second-order valence-electron chi connectivity index (χ2n) is 5.57. The van der Waals surface area contributed by atoms with Gasteiger partial charge in [0.1, 0.15) is 12.3 Å². The van der Waals surface area contributed by atoms with Gasteiger partial charge in [-0.3, -0.25) is 9.36 Å². The van der Waals surface area contributed by atoms with Gasteiger partial charge in [0.15, 0.2) is 0 Å². The number of aromatic nitrogens is 4. The zero-order valence-corrected chi connectivity index (χ0v) is 15.3. The molecular formula is C18H13BrN4O3. The first-order chi connectivity index (χ1) is 12.6. The standard InChI is InChI=1S/C18H13BrN4O3/c1-25-13-5-2-11(3-6-13)17-22-21-16(26-17)9-23-10-20-15-7-4-12(19)8-14(15)18(23)24/h2-8,10H,9H2,1H3. The fourth-order valence-corrected chi connectivity index (χ4v) is 2.92. The van der Waals surface area contributed by atoms with E-state index in [4.69, 9.17) is 9.15 Å². The number of benzene rings is 2. The Bertz CT molecular complexity index is 1140. The van der Waals surface area contributed by atoms with Gasteiger partial charge in [-0.15, -0.1) is 10.2 Å². The fraction of sp³-hybridized carbons (Fsp3) is 0.111. The van der Waals surface area contributed by atoms with E-state index in [9.17, 15) is 4.79 Å². The van der Waals surface area contributed by atoms with Gasteiger partial charge in [0.25, 0.3) is 5.56 Å². The Morgan fingerprint density at radius 2 is 1.96 bits per heavy atom. The maximum Gasteiger partial charge on any atom is 0.261 e. The Morgan fingerprint density at radius 3 is 2.73 bits per heavy atom. The molecule has 130 valence electrons. The SMILES string of the molecule is COc1ccc(-c2nnc(Cn3cnc4ccc(Br)cc4c3=O)o2)cc1. The van der Waals surface area contributed by atoms with Crippen LogP contribution in [0.5, 0.6) is 5.75 Å². The highest BCUT2D eigenvalue weighted by atomic mass is 79.9. The summed E-state index contributed by atoms with van der Waals surface area (Å²) in [4.78, 5) is 16.9. The Kier molecular flexibility index (Phi) is 4.26. The summed E-state index contributed by atoms with van der Waals surface area (Å²) >= 11 is 3.37. The molecule has 8 heteroatoms. The van der Waals surface area contributed by atoms with Crippen LogP contribution in [-0.2, 0) is 6.54 Å². The van der Waals surface area contributed by atoms with Crippen molar-refractivity contribution in [1.82, 2.24) is 19.7 Å². The van der Waals surface area contributed by atoms with Crippen molar-refractivity contribution in [2.24, 2.45) is 0 Å². The lowest BCUT2D eigenvalue weighted by Crippen LogP contribution is -2.21. The van der Waals surface area contributed by atoms with Gasteiger partial charge in [-0.05, 0) is 42.5 Å². The molecule has 4 rings (SSSR count). The van der Waals surface area contributed by atoms with Crippen LogP contribution in [-0.4, -0.2) is 26.9 Å². The van der Waals surface area contributed by atoms with Gasteiger partial charge in [0, 0.05) is 10.0 Å². The first-order valence-corrected chi connectivity index (χ1v) is 8.55. The lowest BCUT2D eigenvalue weighted by Gasteiger charge is -2.04. The molecule has 0 unspecified atom stereocenters. The van der Waals surface area contributed by atoms with Crippen molar-refractivity contribution in [3.8, 4) is 17.2 Å². The van der Waals surface area contributed by atoms with E-state index in [-0.39, 0.29) is 12.1 Å². The molecule has 0 aliphatic heterocycles. The minimum absolute atomic E-state index is 0.150. The molecule has 0 amide bonds. The zero-order valence-electron chi connectivity index (χ0n) is 13.7. The van der Waals surface area contributed by atoms with Crippen molar-refractivity contribution in [3.05, 3.63) is 69.5 Å². The topological polar surface area (TPSA) is 83.0 Å². The van der Waals surface area contributed by atoms with E-state index in [2.05, 4.69) is 31.1 Å². The molecule has 0 N–H and O–H groups in total. The molecular weight excluding hydrogens is 400 g/mol. The fourth-order valence-electron chi connectivity index (χ4n) is 2.56. The molecule has 0 bridgehead atoms. The van der Waals surface area contributed by atoms with E-state index < -0.39 is 0 Å². The Balaban J connectivity index is 1.64. The van der Waals surface area contributed by atoms with Gasteiger partial charge in [-0.2, -0.15) is 0 Å². The number of rotatable bonds is 4. The summed E-state index contributed by atoms with van der Waals surface area (Å²) in [7, 11) is 1.60. The number of hydrogen-bond acceptors (Lipinski definition) is 6. The number of methoxy groups -OCH3 is 1. The Labute approximate surface area is 156 Å². The average molecular weight is 413 g/mol. The lowest BCUT2D eigenvalue weighted by molar-refractivity contribution is 0.415. The quantitative estimate of drug-likeness (QED) is 0.511. The van der Waals surface area contributed by atoms with E-state index in [0.717, 1.165) is 15.8 Å². The van der Waals surface area contributed by atoms with Crippen LogP contribution in [0.3, 0.4) is 0 Å². The molecule has 0 aliphatic rings. The van der Waals surface area contributed by atoms with Crippen LogP contribution in [0.25, 0.3) is 22.4 Å². The molecule has 2 aromatic heterocycles. The van der Waals surface area contributed by atoms with E-state index in [1.807, 2.05) is 30.3 Å². The summed E-state index contributed by atoms with van der Waals surface area (Å²) in [5.41, 5.74) is 1.25. The molecule has 2 heterocycles. The van der Waals surface area contributed by atoms with E-state index >= 15 is 0 Å². The van der Waals surface area contributed by atoms with Crippen LogP contribution >= 0.6 is 15.9 Å². The molecule has 0 fully saturated rings. The first kappa shape index (κ1) is 16.5. The molecule has 0 radical (unpaired) electrons. The third-order valence-electron chi connectivity index (χ3n) is 3.90. The molecule has 4 aromatic rings. The number of ether oxygens (including phenoxy) is 1. The van der Waals surface area contributed by atoms with Crippen LogP contribution < -0.4 is 10.3 Å². The van der Waals surface area contributed by atoms with E-state index in [0.29, 0.717) is 22.7 Å². The Morgan fingerprint density at radius 1 is 1.15 bits per heavy atom. The minimum Gasteiger partial charge on any atom is -0.497 e. The van der Waals surface area contributed by atoms with E-state index in [1.54, 1.807) is 19.2 Å². The van der Waals surface area contributed by atoms with Crippen molar-refractivity contribution in [2.75, 3.05) is 7.11 Å². The normalized spacial score (nSPS) is 11.0. The predicted octanol–water partition coefficient (Wildman–Crippen LogP) is 3.27. The summed E-state index contributed by atoms with van der Waals surface area (Å²) in [6, 6.07) is 12.7. The van der Waals surface area contributed by atoms with Gasteiger partial charge < -0.3 is 9.15 Å². The largest absolute Gasteiger partial charge is 0.497 e. The van der Waals surface area contributed by atoms with Crippen molar-refractivity contribution in [1.29, 1.82) is 0 Å². The minimum atomic E-state index is -0.166. The molecule has 2 aromatic carbocycles. The van der Waals surface area contributed by atoms with Crippen molar-refractivity contribution in [2.45, 2.75) is 6.54 Å². The summed E-state index contributed by atoms with van der Waals surface area (Å²) in [5.74, 6) is 1.45. The van der Waals surface area contributed by atoms with Gasteiger partial charge >= 0.3 is 0 Å². The third kappa shape index (κ3) is 3.11. The van der Waals surface area contributed by atoms with E-state index in [1.165, 1.54) is 10.9 Å². The third-order valence-corrected chi connectivity index (χ3v) is 4.39. The second-order valence-corrected chi connectivity index (χ2v) is 6.48. The van der Waals surface area contributed by atoms with Crippen molar-refractivity contribution < 1.29 is 9.15 Å². The summed E-state index contributed by atoms with van der Waals surface area (Å²) in [6.45, 7) is 0.150. The number of hydrogen-bond donors (Lipinski definition) is 0.